The standard InChI is InChI=1S/C14H12BrCl2NO/c1-19-13-5-3-9(16)7-11(13)14(18)10-6-8(15)2-4-12(10)17/h2-7,14H,18H2,1H3. The summed E-state index contributed by atoms with van der Waals surface area (Å²) in [7, 11) is 1.60. The Morgan fingerprint density at radius 1 is 1.11 bits per heavy atom. The first kappa shape index (κ1) is 14.7. The van der Waals surface area contributed by atoms with Crippen LogP contribution >= 0.6 is 39.1 Å². The van der Waals surface area contributed by atoms with Gasteiger partial charge in [-0.3, -0.25) is 0 Å². The second-order valence-electron chi connectivity index (χ2n) is 4.03. The molecule has 2 aromatic rings. The minimum atomic E-state index is -0.404. The Hall–Kier alpha value is -0.740. The maximum absolute atomic E-state index is 6.29. The summed E-state index contributed by atoms with van der Waals surface area (Å²) in [4.78, 5) is 0. The van der Waals surface area contributed by atoms with E-state index in [2.05, 4.69) is 15.9 Å². The van der Waals surface area contributed by atoms with Crippen LogP contribution in [0.4, 0.5) is 0 Å². The molecule has 0 aliphatic carbocycles. The van der Waals surface area contributed by atoms with E-state index in [9.17, 15) is 0 Å². The molecule has 0 aliphatic heterocycles. The second-order valence-corrected chi connectivity index (χ2v) is 5.79. The minimum Gasteiger partial charge on any atom is -0.496 e. The van der Waals surface area contributed by atoms with Crippen molar-refractivity contribution in [2.75, 3.05) is 7.11 Å². The average Bonchev–Trinajstić information content (AvgIpc) is 2.40. The molecule has 0 heterocycles. The van der Waals surface area contributed by atoms with Crippen molar-refractivity contribution in [3.8, 4) is 5.75 Å². The minimum absolute atomic E-state index is 0.404. The molecule has 5 heteroatoms. The SMILES string of the molecule is COc1ccc(Cl)cc1C(N)c1cc(Br)ccc1Cl. The van der Waals surface area contributed by atoms with Crippen molar-refractivity contribution in [2.45, 2.75) is 6.04 Å². The van der Waals surface area contributed by atoms with Crippen LogP contribution < -0.4 is 10.5 Å². The fourth-order valence-electron chi connectivity index (χ4n) is 1.87. The van der Waals surface area contributed by atoms with Gasteiger partial charge < -0.3 is 10.5 Å². The van der Waals surface area contributed by atoms with Crippen molar-refractivity contribution in [3.63, 3.8) is 0 Å². The van der Waals surface area contributed by atoms with Crippen LogP contribution in [0.1, 0.15) is 17.2 Å². The van der Waals surface area contributed by atoms with Gasteiger partial charge in [0.1, 0.15) is 5.75 Å². The number of hydrogen-bond donors (Lipinski definition) is 1. The molecule has 0 radical (unpaired) electrons. The molecule has 0 fully saturated rings. The summed E-state index contributed by atoms with van der Waals surface area (Å²) in [6.45, 7) is 0. The number of nitrogens with two attached hydrogens (primary N) is 1. The predicted molar refractivity (Wildman–Crippen MR) is 83.2 cm³/mol. The molecule has 0 saturated heterocycles. The van der Waals surface area contributed by atoms with Gasteiger partial charge in [-0.2, -0.15) is 0 Å². The summed E-state index contributed by atoms with van der Waals surface area (Å²) >= 11 is 15.6. The molecule has 0 amide bonds. The predicted octanol–water partition coefficient (Wildman–Crippen LogP) is 4.81. The van der Waals surface area contributed by atoms with E-state index in [1.807, 2.05) is 12.1 Å². The summed E-state index contributed by atoms with van der Waals surface area (Å²) in [6.07, 6.45) is 0. The number of halogens is 3. The van der Waals surface area contributed by atoms with E-state index in [0.717, 1.165) is 15.6 Å². The highest BCUT2D eigenvalue weighted by atomic mass is 79.9. The molecule has 1 atom stereocenters. The first-order valence-corrected chi connectivity index (χ1v) is 7.11. The van der Waals surface area contributed by atoms with Gasteiger partial charge in [-0.15, -0.1) is 0 Å². The summed E-state index contributed by atoms with van der Waals surface area (Å²) in [6, 6.07) is 10.5. The molecule has 1 unspecified atom stereocenters. The third-order valence-corrected chi connectivity index (χ3v) is 3.89. The highest BCUT2D eigenvalue weighted by Crippen LogP contribution is 2.34. The number of benzene rings is 2. The van der Waals surface area contributed by atoms with Crippen LogP contribution in [0.3, 0.4) is 0 Å². The number of rotatable bonds is 3. The van der Waals surface area contributed by atoms with Gasteiger partial charge in [0, 0.05) is 20.1 Å². The molecule has 2 nitrogen and oxygen atoms in total. The molecule has 2 aromatic carbocycles. The molecule has 100 valence electrons. The van der Waals surface area contributed by atoms with Crippen molar-refractivity contribution in [1.82, 2.24) is 0 Å². The van der Waals surface area contributed by atoms with Crippen molar-refractivity contribution >= 4 is 39.1 Å². The van der Waals surface area contributed by atoms with E-state index in [0.29, 0.717) is 15.8 Å². The fourth-order valence-corrected chi connectivity index (χ4v) is 2.66. The van der Waals surface area contributed by atoms with Gasteiger partial charge in [0.05, 0.1) is 13.2 Å². The molecule has 0 saturated carbocycles. The maximum atomic E-state index is 6.29. The monoisotopic (exact) mass is 359 g/mol. The number of methoxy groups -OCH3 is 1. The highest BCUT2D eigenvalue weighted by Gasteiger charge is 2.17. The normalized spacial score (nSPS) is 12.3. The van der Waals surface area contributed by atoms with Gasteiger partial charge in [-0.05, 0) is 42.0 Å². The van der Waals surface area contributed by atoms with Crippen LogP contribution in [0.25, 0.3) is 0 Å². The highest BCUT2D eigenvalue weighted by molar-refractivity contribution is 9.10. The zero-order valence-corrected chi connectivity index (χ0v) is 13.3. The molecule has 2 N–H and O–H groups in total. The van der Waals surface area contributed by atoms with E-state index in [1.165, 1.54) is 0 Å². The van der Waals surface area contributed by atoms with E-state index < -0.39 is 6.04 Å². The smallest absolute Gasteiger partial charge is 0.124 e. The fraction of sp³-hybridized carbons (Fsp3) is 0.143. The molecular formula is C14H12BrCl2NO. The van der Waals surface area contributed by atoms with Crippen LogP contribution in [0.5, 0.6) is 5.75 Å². The molecule has 0 aliphatic rings. The lowest BCUT2D eigenvalue weighted by molar-refractivity contribution is 0.408. The lowest BCUT2D eigenvalue weighted by Crippen LogP contribution is -2.13. The quantitative estimate of drug-likeness (QED) is 0.852. The third kappa shape index (κ3) is 3.23. The van der Waals surface area contributed by atoms with E-state index in [-0.39, 0.29) is 0 Å². The Morgan fingerprint density at radius 3 is 2.53 bits per heavy atom. The second kappa shape index (κ2) is 6.14. The zero-order chi connectivity index (χ0) is 14.0. The summed E-state index contributed by atoms with van der Waals surface area (Å²) < 4.78 is 6.24. The van der Waals surface area contributed by atoms with Crippen LogP contribution in [-0.4, -0.2) is 7.11 Å². The first-order chi connectivity index (χ1) is 9.02. The van der Waals surface area contributed by atoms with Gasteiger partial charge in [-0.1, -0.05) is 39.1 Å². The van der Waals surface area contributed by atoms with E-state index >= 15 is 0 Å². The van der Waals surface area contributed by atoms with Crippen molar-refractivity contribution < 1.29 is 4.74 Å². The van der Waals surface area contributed by atoms with Crippen molar-refractivity contribution in [1.29, 1.82) is 0 Å². The first-order valence-electron chi connectivity index (χ1n) is 5.57. The van der Waals surface area contributed by atoms with Crippen LogP contribution in [0.15, 0.2) is 40.9 Å². The molecule has 19 heavy (non-hydrogen) atoms. The Kier molecular flexibility index (Phi) is 4.74. The average molecular weight is 361 g/mol. The molecular weight excluding hydrogens is 349 g/mol. The Bertz CT molecular complexity index is 604. The van der Waals surface area contributed by atoms with Crippen molar-refractivity contribution in [3.05, 3.63) is 62.0 Å². The van der Waals surface area contributed by atoms with Crippen LogP contribution in [0, 0.1) is 0 Å². The maximum Gasteiger partial charge on any atom is 0.124 e. The topological polar surface area (TPSA) is 35.2 Å². The zero-order valence-electron chi connectivity index (χ0n) is 10.2. The summed E-state index contributed by atoms with van der Waals surface area (Å²) in [5, 5.41) is 1.22. The summed E-state index contributed by atoms with van der Waals surface area (Å²) in [5.41, 5.74) is 7.90. The lowest BCUT2D eigenvalue weighted by atomic mass is 9.98. The van der Waals surface area contributed by atoms with E-state index in [1.54, 1.807) is 31.4 Å². The van der Waals surface area contributed by atoms with E-state index in [4.69, 9.17) is 33.7 Å². The lowest BCUT2D eigenvalue weighted by Gasteiger charge is -2.18. The Labute approximate surface area is 130 Å². The summed E-state index contributed by atoms with van der Waals surface area (Å²) in [5.74, 6) is 0.688. The molecule has 0 spiro atoms. The van der Waals surface area contributed by atoms with Crippen LogP contribution in [-0.2, 0) is 0 Å². The van der Waals surface area contributed by atoms with Crippen molar-refractivity contribution in [2.24, 2.45) is 5.73 Å². The largest absolute Gasteiger partial charge is 0.496 e. The number of hydrogen-bond acceptors (Lipinski definition) is 2. The Balaban J connectivity index is 2.51. The van der Waals surface area contributed by atoms with Crippen LogP contribution in [0.2, 0.25) is 10.0 Å². The van der Waals surface area contributed by atoms with Gasteiger partial charge in [0.2, 0.25) is 0 Å². The molecule has 2 rings (SSSR count). The van der Waals surface area contributed by atoms with Gasteiger partial charge in [-0.25, -0.2) is 0 Å². The van der Waals surface area contributed by atoms with Gasteiger partial charge >= 0.3 is 0 Å². The Morgan fingerprint density at radius 2 is 1.84 bits per heavy atom. The third-order valence-electron chi connectivity index (χ3n) is 2.82. The number of ether oxygens (including phenoxy) is 1. The van der Waals surface area contributed by atoms with Gasteiger partial charge in [0.15, 0.2) is 0 Å². The molecule has 0 aromatic heterocycles. The van der Waals surface area contributed by atoms with Gasteiger partial charge in [0.25, 0.3) is 0 Å². The molecule has 0 bridgehead atoms.